The molecular formula is C11H9Cl3N2S. The predicted octanol–water partition coefficient (Wildman–Crippen LogP) is 5.28. The second-order valence-corrected chi connectivity index (χ2v) is 5.68. The Labute approximate surface area is 119 Å². The highest BCUT2D eigenvalue weighted by molar-refractivity contribution is 7.09. The van der Waals surface area contributed by atoms with Crippen molar-refractivity contribution < 1.29 is 0 Å². The topological polar surface area (TPSA) is 24.9 Å². The molecule has 90 valence electrons. The van der Waals surface area contributed by atoms with E-state index in [0.29, 0.717) is 20.8 Å². The van der Waals surface area contributed by atoms with E-state index < -0.39 is 0 Å². The highest BCUT2D eigenvalue weighted by atomic mass is 35.5. The first kappa shape index (κ1) is 13.0. The minimum atomic E-state index is 0.0960. The van der Waals surface area contributed by atoms with E-state index in [1.54, 1.807) is 29.0 Å². The van der Waals surface area contributed by atoms with Crippen molar-refractivity contribution in [3.8, 4) is 0 Å². The summed E-state index contributed by atoms with van der Waals surface area (Å²) in [5, 5.41) is 4.81. The van der Waals surface area contributed by atoms with E-state index in [-0.39, 0.29) is 6.04 Å². The van der Waals surface area contributed by atoms with Crippen molar-refractivity contribution in [3.05, 3.63) is 43.8 Å². The Morgan fingerprint density at radius 2 is 1.88 bits per heavy atom. The smallest absolute Gasteiger partial charge is 0.0795 e. The standard InChI is InChI=1S/C11H9Cl3N2S/c1-6(10-4-15-5-17-10)16-11-8(13)2-7(12)3-9(11)14/h2-6,16H,1H3. The van der Waals surface area contributed by atoms with Crippen molar-refractivity contribution in [2.45, 2.75) is 13.0 Å². The number of anilines is 1. The average Bonchev–Trinajstić information content (AvgIpc) is 2.76. The summed E-state index contributed by atoms with van der Waals surface area (Å²) in [4.78, 5) is 5.15. The van der Waals surface area contributed by atoms with E-state index in [1.165, 1.54) is 0 Å². The molecule has 0 aliphatic carbocycles. The molecule has 0 aliphatic rings. The molecule has 0 saturated heterocycles. The lowest BCUT2D eigenvalue weighted by Gasteiger charge is -2.16. The monoisotopic (exact) mass is 306 g/mol. The van der Waals surface area contributed by atoms with E-state index in [1.807, 2.05) is 13.1 Å². The van der Waals surface area contributed by atoms with Gasteiger partial charge in [-0.05, 0) is 19.1 Å². The molecule has 2 nitrogen and oxygen atoms in total. The van der Waals surface area contributed by atoms with Gasteiger partial charge in [0, 0.05) is 16.1 Å². The number of hydrogen-bond donors (Lipinski definition) is 1. The van der Waals surface area contributed by atoms with Crippen molar-refractivity contribution in [2.75, 3.05) is 5.32 Å². The molecule has 0 spiro atoms. The maximum Gasteiger partial charge on any atom is 0.0795 e. The summed E-state index contributed by atoms with van der Waals surface area (Å²) in [5.41, 5.74) is 2.48. The molecule has 0 bridgehead atoms. The van der Waals surface area contributed by atoms with Gasteiger partial charge in [-0.2, -0.15) is 0 Å². The number of aromatic nitrogens is 1. The Bertz CT molecular complexity index is 490. The summed E-state index contributed by atoms with van der Waals surface area (Å²) in [6, 6.07) is 3.42. The SMILES string of the molecule is CC(Nc1c(Cl)cc(Cl)cc1Cl)c1cncs1. The van der Waals surface area contributed by atoms with Gasteiger partial charge in [0.1, 0.15) is 0 Å². The van der Waals surface area contributed by atoms with Crippen LogP contribution in [0.15, 0.2) is 23.8 Å². The quantitative estimate of drug-likeness (QED) is 0.835. The minimum Gasteiger partial charge on any atom is -0.375 e. The Balaban J connectivity index is 2.25. The fourth-order valence-electron chi connectivity index (χ4n) is 1.41. The molecule has 0 radical (unpaired) electrons. The third-order valence-electron chi connectivity index (χ3n) is 2.25. The molecule has 17 heavy (non-hydrogen) atoms. The number of nitrogens with one attached hydrogen (secondary N) is 1. The largest absolute Gasteiger partial charge is 0.375 e. The van der Waals surface area contributed by atoms with Gasteiger partial charge in [0.2, 0.25) is 0 Å². The van der Waals surface area contributed by atoms with Gasteiger partial charge in [-0.3, -0.25) is 4.98 Å². The summed E-state index contributed by atoms with van der Waals surface area (Å²) in [5.74, 6) is 0. The van der Waals surface area contributed by atoms with Crippen molar-refractivity contribution in [3.63, 3.8) is 0 Å². The Morgan fingerprint density at radius 1 is 1.24 bits per heavy atom. The van der Waals surface area contributed by atoms with Crippen LogP contribution in [0, 0.1) is 0 Å². The molecular weight excluding hydrogens is 299 g/mol. The van der Waals surface area contributed by atoms with Crippen molar-refractivity contribution in [1.29, 1.82) is 0 Å². The summed E-state index contributed by atoms with van der Waals surface area (Å²) in [7, 11) is 0. The first-order valence-electron chi connectivity index (χ1n) is 4.87. The van der Waals surface area contributed by atoms with Gasteiger partial charge < -0.3 is 5.32 Å². The normalized spacial score (nSPS) is 12.5. The van der Waals surface area contributed by atoms with Crippen molar-refractivity contribution >= 4 is 51.8 Å². The molecule has 1 atom stereocenters. The van der Waals surface area contributed by atoms with E-state index >= 15 is 0 Å². The summed E-state index contributed by atoms with van der Waals surface area (Å²) >= 11 is 19.6. The first-order chi connectivity index (χ1) is 8.08. The molecule has 2 rings (SSSR count). The maximum atomic E-state index is 6.10. The fraction of sp³-hybridized carbons (Fsp3) is 0.182. The average molecular weight is 308 g/mol. The van der Waals surface area contributed by atoms with Gasteiger partial charge in [0.25, 0.3) is 0 Å². The van der Waals surface area contributed by atoms with Gasteiger partial charge >= 0.3 is 0 Å². The lowest BCUT2D eigenvalue weighted by molar-refractivity contribution is 0.904. The second kappa shape index (κ2) is 5.44. The third-order valence-corrected chi connectivity index (χ3v) is 4.02. The molecule has 1 aromatic carbocycles. The van der Waals surface area contributed by atoms with Crippen molar-refractivity contribution in [2.24, 2.45) is 0 Å². The van der Waals surface area contributed by atoms with Crippen LogP contribution < -0.4 is 5.32 Å². The Hall–Kier alpha value is -0.480. The summed E-state index contributed by atoms with van der Waals surface area (Å²) < 4.78 is 0. The van der Waals surface area contributed by atoms with E-state index in [9.17, 15) is 0 Å². The van der Waals surface area contributed by atoms with Crippen LogP contribution in [-0.4, -0.2) is 4.98 Å². The summed E-state index contributed by atoms with van der Waals surface area (Å²) in [6.45, 7) is 2.02. The van der Waals surface area contributed by atoms with Gasteiger partial charge in [-0.25, -0.2) is 0 Å². The van der Waals surface area contributed by atoms with Crippen molar-refractivity contribution in [1.82, 2.24) is 4.98 Å². The maximum absolute atomic E-state index is 6.10. The van der Waals surface area contributed by atoms with Crippen LogP contribution >= 0.6 is 46.1 Å². The molecule has 0 fully saturated rings. The number of nitrogens with zero attached hydrogens (tertiary/aromatic N) is 1. The van der Waals surface area contributed by atoms with E-state index in [0.717, 1.165) is 4.88 Å². The van der Waals surface area contributed by atoms with Gasteiger partial charge in [0.05, 0.1) is 27.3 Å². The molecule has 1 unspecified atom stereocenters. The molecule has 2 aromatic rings. The van der Waals surface area contributed by atoms with Crippen LogP contribution in [0.1, 0.15) is 17.8 Å². The van der Waals surface area contributed by atoms with E-state index in [2.05, 4.69) is 10.3 Å². The highest BCUT2D eigenvalue weighted by Crippen LogP contribution is 2.36. The molecule has 0 amide bonds. The van der Waals surface area contributed by atoms with Gasteiger partial charge in [-0.1, -0.05) is 34.8 Å². The van der Waals surface area contributed by atoms with Crippen LogP contribution in [-0.2, 0) is 0 Å². The molecule has 6 heteroatoms. The van der Waals surface area contributed by atoms with Crippen LogP contribution in [0.2, 0.25) is 15.1 Å². The first-order valence-corrected chi connectivity index (χ1v) is 6.88. The van der Waals surface area contributed by atoms with Crippen LogP contribution in [0.3, 0.4) is 0 Å². The van der Waals surface area contributed by atoms with E-state index in [4.69, 9.17) is 34.8 Å². The molecule has 1 aromatic heterocycles. The number of hydrogen-bond acceptors (Lipinski definition) is 3. The third kappa shape index (κ3) is 3.05. The van der Waals surface area contributed by atoms with Gasteiger partial charge in [0.15, 0.2) is 0 Å². The summed E-state index contributed by atoms with van der Waals surface area (Å²) in [6.07, 6.45) is 1.82. The predicted molar refractivity (Wildman–Crippen MR) is 75.6 cm³/mol. The van der Waals surface area contributed by atoms with Crippen LogP contribution in [0.4, 0.5) is 5.69 Å². The molecule has 0 saturated carbocycles. The lowest BCUT2D eigenvalue weighted by Crippen LogP contribution is -2.05. The number of rotatable bonds is 3. The molecule has 0 aliphatic heterocycles. The lowest BCUT2D eigenvalue weighted by atomic mass is 10.2. The number of halogens is 3. The van der Waals surface area contributed by atoms with Crippen LogP contribution in [0.5, 0.6) is 0 Å². The molecule has 1 heterocycles. The second-order valence-electron chi connectivity index (χ2n) is 3.51. The zero-order valence-corrected chi connectivity index (χ0v) is 12.0. The minimum absolute atomic E-state index is 0.0960. The number of thiazole rings is 1. The number of benzene rings is 1. The zero-order chi connectivity index (χ0) is 12.4. The zero-order valence-electron chi connectivity index (χ0n) is 8.88. The van der Waals surface area contributed by atoms with Crippen LogP contribution in [0.25, 0.3) is 0 Å². The fourth-order valence-corrected chi connectivity index (χ4v) is 2.96. The Morgan fingerprint density at radius 3 is 2.41 bits per heavy atom. The van der Waals surface area contributed by atoms with Gasteiger partial charge in [-0.15, -0.1) is 11.3 Å². The highest BCUT2D eigenvalue weighted by Gasteiger charge is 2.12. The Kier molecular flexibility index (Phi) is 4.15. The molecule has 1 N–H and O–H groups in total.